The standard InChI is InChI=1S/C26H20N2.C24H22N2O.C22H14N2O.C16H14N2O2.CH5BP.BH2N.BH2P/c1-17-15-23(19-9-5-3-6-10-19)21-13-14-22-24(20-11-7-4-8-12-20)16-18(2)28-26(22)25(21)27-17;1-24(2,3)21-15-13-20(14-16-21)23-26-25-22(27-23)19-11-9-18(10-12-19)17-7-5-4-6-8-17;1-3-11-17-15(7-1)9-5-13-19(17)21-23-24-22(25-21)20-14-6-10-16-8-2-4-12-18(16)20;1-11-4-2-6-13(8-11)15-17-18-16(20-15)14-7-3-5-12(9-14)10-19;1-2-3;2*1-2/h3-16H,1-2H3;4-16H,1-3H3;1-14H;2-9,19H,10H2,1H3;3H2,1H3;1-2H;2H2/i;;;;;1D;2D. The minimum absolute atomic E-state index is 0.00723. The van der Waals surface area contributed by atoms with E-state index < -0.39 is 0 Å². The van der Waals surface area contributed by atoms with Crippen LogP contribution in [0.25, 0.3) is 145 Å². The first-order chi connectivity index (χ1) is 53.1. The third kappa shape index (κ3) is 18.8. The van der Waals surface area contributed by atoms with Gasteiger partial charge in [0.15, 0.2) is 0 Å². The van der Waals surface area contributed by atoms with Gasteiger partial charge in [-0.2, -0.15) is 18.2 Å². The zero-order chi connectivity index (χ0) is 76.7. The summed E-state index contributed by atoms with van der Waals surface area (Å²) < 4.78 is 29.4. The van der Waals surface area contributed by atoms with Crippen molar-refractivity contribution in [1.82, 2.24) is 40.6 Å². The number of benzene rings is 12. The molecule has 2 N–H and O–H groups in total. The first kappa shape index (κ1) is 73.5. The maximum atomic E-state index is 9.16. The van der Waals surface area contributed by atoms with E-state index in [4.69, 9.17) is 36.3 Å². The van der Waals surface area contributed by atoms with E-state index >= 15 is 0 Å². The molecule has 13 nitrogen and oxygen atoms in total. The number of aliphatic hydroxyl groups excluding tert-OH is 1. The molecule has 12 aromatic carbocycles. The fourth-order valence-corrected chi connectivity index (χ4v) is 12.3. The molecule has 17 aromatic rings. The topological polar surface area (TPSA) is 187 Å². The minimum Gasteiger partial charge on any atom is -0.416 e. The van der Waals surface area contributed by atoms with Gasteiger partial charge >= 0.3 is 14.3 Å². The van der Waals surface area contributed by atoms with Crippen LogP contribution in [0.3, 0.4) is 0 Å². The predicted molar refractivity (Wildman–Crippen MR) is 449 cm³/mol. The fourth-order valence-electron chi connectivity index (χ4n) is 12.3. The van der Waals surface area contributed by atoms with Crippen molar-refractivity contribution in [2.24, 2.45) is 0 Å². The molecular weight excluding hydrogens is 1350 g/mol. The quantitative estimate of drug-likeness (QED) is 0.0751. The Hall–Kier alpha value is -11.8. The van der Waals surface area contributed by atoms with Gasteiger partial charge in [-0.3, -0.25) is 9.97 Å². The van der Waals surface area contributed by atoms with Crippen LogP contribution in [-0.4, -0.2) is 70.4 Å². The summed E-state index contributed by atoms with van der Waals surface area (Å²) in [7, 11) is 7.33. The molecular formula is C89H79B3N9O4P2. The molecule has 0 fully saturated rings. The molecule has 107 heavy (non-hydrogen) atoms. The summed E-state index contributed by atoms with van der Waals surface area (Å²) in [5.41, 5.74) is 19.9. The third-order valence-electron chi connectivity index (χ3n) is 17.4. The number of hydrogen-bond acceptors (Lipinski definition) is 13. The second-order valence-corrected chi connectivity index (χ2v) is 26.5. The van der Waals surface area contributed by atoms with Crippen LogP contribution in [0.1, 0.15) is 48.8 Å². The molecule has 0 bridgehead atoms. The number of fused-ring (bicyclic) bond motifs is 5. The summed E-state index contributed by atoms with van der Waals surface area (Å²) in [4.78, 5) is 9.81. The van der Waals surface area contributed by atoms with E-state index in [-0.39, 0.29) is 21.1 Å². The number of aliphatic hydroxyl groups is 1. The number of pyridine rings is 2. The summed E-state index contributed by atoms with van der Waals surface area (Å²) in [5, 5.41) is 46.9. The number of nitrogens with zero attached hydrogens (tertiary/aromatic N) is 8. The van der Waals surface area contributed by atoms with Crippen molar-refractivity contribution >= 4 is 83.7 Å². The van der Waals surface area contributed by atoms with Crippen LogP contribution < -0.4 is 0 Å². The average molecular weight is 1440 g/mol. The molecule has 0 saturated carbocycles. The van der Waals surface area contributed by atoms with E-state index in [2.05, 4.69) is 227 Å². The molecule has 5 heterocycles. The van der Waals surface area contributed by atoms with Crippen molar-refractivity contribution in [1.29, 1.82) is 7.93 Å². The maximum absolute atomic E-state index is 9.16. The first-order valence-electron chi connectivity index (χ1n) is 35.8. The second-order valence-electron chi connectivity index (χ2n) is 25.8. The van der Waals surface area contributed by atoms with Gasteiger partial charge in [0.2, 0.25) is 35.3 Å². The molecule has 0 amide bonds. The Morgan fingerprint density at radius 2 is 0.748 bits per heavy atom. The van der Waals surface area contributed by atoms with Gasteiger partial charge in [-0.05, 0) is 165 Å². The molecule has 2 atom stereocenters. The Bertz CT molecular complexity index is 5610. The van der Waals surface area contributed by atoms with Crippen LogP contribution >= 0.6 is 18.2 Å². The molecule has 18 heteroatoms. The normalized spacial score (nSPS) is 11.0. The van der Waals surface area contributed by atoms with Gasteiger partial charge in [0.25, 0.3) is 0 Å². The molecule has 5 aromatic heterocycles. The zero-order valence-corrected chi connectivity index (χ0v) is 62.7. The van der Waals surface area contributed by atoms with Crippen molar-refractivity contribution in [2.75, 3.05) is 0 Å². The molecule has 17 rings (SSSR count). The fraction of sp³-hybridized carbons (Fsp3) is 0.101. The van der Waals surface area contributed by atoms with Gasteiger partial charge in [-0.25, -0.2) is 0 Å². The van der Waals surface area contributed by atoms with Crippen LogP contribution in [0.4, 0.5) is 0 Å². The van der Waals surface area contributed by atoms with Crippen molar-refractivity contribution in [3.05, 3.63) is 325 Å². The first-order valence-corrected chi connectivity index (χ1v) is 35.9. The smallest absolute Gasteiger partial charge is 0.248 e. The van der Waals surface area contributed by atoms with Gasteiger partial charge in [-0.15, -0.1) is 30.6 Å². The number of rotatable bonds is 10. The number of hydrogen-bond donors (Lipinski definition) is 2. The monoisotopic (exact) mass is 1430 g/mol. The van der Waals surface area contributed by atoms with Crippen molar-refractivity contribution in [3.8, 4) is 102 Å². The van der Waals surface area contributed by atoms with Crippen molar-refractivity contribution < 1.29 is 18.4 Å². The van der Waals surface area contributed by atoms with Crippen molar-refractivity contribution in [3.63, 3.8) is 0 Å². The SMILES string of the molecule is CC(C)(C)c1ccc(-c2nnc(-c3ccc(-c4ccccc4)cc3)o2)cc1.C[B]P.Cc1cc(-c2ccccc2)c2ccc3c(-c4ccccc4)cc(C)nc3c2n1.Cc1cccc(-c2nnc(-c3cccc(CO)c3)o2)c1.[2H]B=N.[2H]P[B].c1ccc2c(-c3nnc(-c4cccc5ccccc45)o3)cccc2c1. The molecule has 0 aliphatic rings. The third-order valence-corrected chi connectivity index (χ3v) is 17.4. The molecule has 0 aliphatic carbocycles. The Kier molecular flexibility index (Phi) is 25.3. The molecule has 0 aliphatic heterocycles. The number of nitrogens with one attached hydrogen (secondary N) is 1. The summed E-state index contributed by atoms with van der Waals surface area (Å²) in [6.07, 6.45) is 0. The number of aryl methyl sites for hydroxylation is 3. The second kappa shape index (κ2) is 36.8. The Labute approximate surface area is 634 Å². The van der Waals surface area contributed by atoms with Crippen LogP contribution in [0.2, 0.25) is 6.82 Å². The summed E-state index contributed by atoms with van der Waals surface area (Å²) >= 11 is 0. The molecule has 2 unspecified atom stereocenters. The van der Waals surface area contributed by atoms with Gasteiger partial charge in [0.1, 0.15) is 7.00 Å². The number of aromatic nitrogens is 8. The van der Waals surface area contributed by atoms with Crippen molar-refractivity contribution in [2.45, 2.75) is 60.4 Å². The van der Waals surface area contributed by atoms with E-state index in [0.29, 0.717) is 42.9 Å². The maximum Gasteiger partial charge on any atom is 0.248 e. The van der Waals surface area contributed by atoms with E-state index in [1.807, 2.05) is 172 Å². The molecule has 0 spiro atoms. The minimum atomic E-state index is -0.167. The van der Waals surface area contributed by atoms with Crippen LogP contribution in [0.15, 0.2) is 311 Å². The molecule has 3 radical (unpaired) electrons. The predicted octanol–water partition coefficient (Wildman–Crippen LogP) is 22.1. The van der Waals surface area contributed by atoms with E-state index in [0.717, 1.165) is 105 Å². The summed E-state index contributed by atoms with van der Waals surface area (Å²) in [5.74, 6) is 3.11. The van der Waals surface area contributed by atoms with Gasteiger partial charge in [0.05, 0.1) is 25.2 Å². The van der Waals surface area contributed by atoms with Crippen LogP contribution in [0.5, 0.6) is 0 Å². The van der Waals surface area contributed by atoms with Gasteiger partial charge < -0.3 is 18.4 Å². The molecule has 523 valence electrons. The van der Waals surface area contributed by atoms with E-state index in [1.165, 1.54) is 33.4 Å². The largest absolute Gasteiger partial charge is 0.416 e. The van der Waals surface area contributed by atoms with Gasteiger partial charge in [0, 0.05) is 56.8 Å². The van der Waals surface area contributed by atoms with Gasteiger partial charge in [-0.1, -0.05) is 258 Å². The van der Waals surface area contributed by atoms with Crippen LogP contribution in [-0.2, 0) is 12.0 Å². The Morgan fingerprint density at radius 3 is 1.19 bits per heavy atom. The van der Waals surface area contributed by atoms with E-state index in [1.54, 1.807) is 0 Å². The van der Waals surface area contributed by atoms with E-state index in [9.17, 15) is 0 Å². The van der Waals surface area contributed by atoms with Crippen LogP contribution in [0, 0.1) is 26.1 Å². The summed E-state index contributed by atoms with van der Waals surface area (Å²) in [6, 6.07) is 101. The summed E-state index contributed by atoms with van der Waals surface area (Å²) in [6.45, 7) is 16.6. The molecule has 0 saturated heterocycles. The average Bonchev–Trinajstić information content (AvgIpc) is 1.61. The Morgan fingerprint density at radius 1 is 0.411 bits per heavy atom. The zero-order valence-electron chi connectivity index (χ0n) is 62.6. The Balaban J connectivity index is 0.000000140.